The number of aliphatic hydroxyl groups excluding tert-OH is 1. The first-order chi connectivity index (χ1) is 7.84. The van der Waals surface area contributed by atoms with Gasteiger partial charge in [-0.3, -0.25) is 4.79 Å². The average Bonchev–Trinajstić information content (AvgIpc) is 2.57. The number of carboxylic acids is 1. The van der Waals surface area contributed by atoms with Crippen LogP contribution < -0.4 is 5.73 Å². The molecule has 6 heteroatoms. The Labute approximate surface area is 100 Å². The Morgan fingerprint density at radius 2 is 2.06 bits per heavy atom. The van der Waals surface area contributed by atoms with Crippen LogP contribution >= 0.6 is 0 Å². The molecule has 1 amide bonds. The van der Waals surface area contributed by atoms with Gasteiger partial charge in [-0.2, -0.15) is 0 Å². The molecule has 0 radical (unpaired) electrons. The Hall–Kier alpha value is -1.14. The smallest absolute Gasteiger partial charge is 0.329 e. The van der Waals surface area contributed by atoms with E-state index in [2.05, 4.69) is 0 Å². The fourth-order valence-corrected chi connectivity index (χ4v) is 2.14. The topological polar surface area (TPSA) is 104 Å². The zero-order valence-corrected chi connectivity index (χ0v) is 10.2. The number of rotatable bonds is 4. The van der Waals surface area contributed by atoms with Crippen LogP contribution in [0.1, 0.15) is 26.7 Å². The standard InChI is InChI=1S/C11H20N2O4/c1-6(2)5-7(12)10(15)13-4-3-8(14)9(13)11(16)17/h6-9,14H,3-5,12H2,1-2H3,(H,16,17)/t7-,8?,9-/m0/s1. The Balaban J connectivity index is 2.71. The lowest BCUT2D eigenvalue weighted by atomic mass is 10.0. The number of carbonyl (C=O) groups is 2. The van der Waals surface area contributed by atoms with Gasteiger partial charge in [0.1, 0.15) is 0 Å². The highest BCUT2D eigenvalue weighted by molar-refractivity contribution is 5.87. The summed E-state index contributed by atoms with van der Waals surface area (Å²) in [6.45, 7) is 4.14. The maximum Gasteiger partial charge on any atom is 0.329 e. The summed E-state index contributed by atoms with van der Waals surface area (Å²) in [6, 6.07) is -1.84. The van der Waals surface area contributed by atoms with E-state index in [4.69, 9.17) is 10.8 Å². The molecule has 0 bridgehead atoms. The molecule has 0 saturated carbocycles. The molecule has 0 spiro atoms. The predicted octanol–water partition coefficient (Wildman–Crippen LogP) is -0.594. The molecule has 6 nitrogen and oxygen atoms in total. The molecule has 98 valence electrons. The van der Waals surface area contributed by atoms with Crippen LogP contribution in [0.15, 0.2) is 0 Å². The maximum atomic E-state index is 12.0. The van der Waals surface area contributed by atoms with Crippen molar-refractivity contribution in [2.75, 3.05) is 6.54 Å². The number of carbonyl (C=O) groups excluding carboxylic acids is 1. The molecule has 0 aliphatic carbocycles. The van der Waals surface area contributed by atoms with Crippen LogP contribution in [0.4, 0.5) is 0 Å². The summed E-state index contributed by atoms with van der Waals surface area (Å²) in [5.74, 6) is -1.30. The average molecular weight is 244 g/mol. The number of carboxylic acid groups (broad SMARTS) is 1. The highest BCUT2D eigenvalue weighted by Gasteiger charge is 2.42. The summed E-state index contributed by atoms with van der Waals surface area (Å²) in [7, 11) is 0. The lowest BCUT2D eigenvalue weighted by Crippen LogP contribution is -2.51. The molecular formula is C11H20N2O4. The fourth-order valence-electron chi connectivity index (χ4n) is 2.14. The van der Waals surface area contributed by atoms with Gasteiger partial charge in [-0.05, 0) is 18.8 Å². The van der Waals surface area contributed by atoms with Crippen molar-refractivity contribution in [1.29, 1.82) is 0 Å². The lowest BCUT2D eigenvalue weighted by Gasteiger charge is -2.26. The molecule has 1 fully saturated rings. The molecular weight excluding hydrogens is 224 g/mol. The Kier molecular flexibility index (Phi) is 4.47. The van der Waals surface area contributed by atoms with E-state index in [9.17, 15) is 14.7 Å². The summed E-state index contributed by atoms with van der Waals surface area (Å²) in [6.07, 6.45) is -0.197. The normalized spacial score (nSPS) is 26.3. The number of nitrogens with two attached hydrogens (primary N) is 1. The molecule has 3 atom stereocenters. The first-order valence-electron chi connectivity index (χ1n) is 5.81. The van der Waals surface area contributed by atoms with Gasteiger partial charge >= 0.3 is 5.97 Å². The third-order valence-electron chi connectivity index (χ3n) is 2.94. The summed E-state index contributed by atoms with van der Waals surface area (Å²) in [4.78, 5) is 24.1. The molecule has 4 N–H and O–H groups in total. The summed E-state index contributed by atoms with van der Waals surface area (Å²) in [5.41, 5.74) is 5.74. The van der Waals surface area contributed by atoms with Gasteiger partial charge < -0.3 is 20.8 Å². The monoisotopic (exact) mass is 244 g/mol. The van der Waals surface area contributed by atoms with Crippen molar-refractivity contribution in [1.82, 2.24) is 4.90 Å². The minimum Gasteiger partial charge on any atom is -0.480 e. The van der Waals surface area contributed by atoms with Crippen LogP contribution in [0.2, 0.25) is 0 Å². The summed E-state index contributed by atoms with van der Waals surface area (Å²) >= 11 is 0. The van der Waals surface area contributed by atoms with Gasteiger partial charge in [0, 0.05) is 6.54 Å². The van der Waals surface area contributed by atoms with Crippen molar-refractivity contribution in [3.63, 3.8) is 0 Å². The van der Waals surface area contributed by atoms with Crippen molar-refractivity contribution in [2.24, 2.45) is 11.7 Å². The zero-order valence-electron chi connectivity index (χ0n) is 10.2. The molecule has 1 rings (SSSR count). The van der Waals surface area contributed by atoms with Gasteiger partial charge in [0.05, 0.1) is 12.1 Å². The summed E-state index contributed by atoms with van der Waals surface area (Å²) < 4.78 is 0. The first kappa shape index (κ1) is 13.9. The van der Waals surface area contributed by atoms with Crippen LogP contribution in [0.3, 0.4) is 0 Å². The van der Waals surface area contributed by atoms with E-state index in [0.717, 1.165) is 0 Å². The number of likely N-dealkylation sites (tertiary alicyclic amines) is 1. The minimum absolute atomic E-state index is 0.253. The van der Waals surface area contributed by atoms with Crippen molar-refractivity contribution in [3.8, 4) is 0 Å². The molecule has 1 saturated heterocycles. The maximum absolute atomic E-state index is 12.0. The zero-order chi connectivity index (χ0) is 13.2. The van der Waals surface area contributed by atoms with E-state index in [1.54, 1.807) is 0 Å². The van der Waals surface area contributed by atoms with Gasteiger partial charge in [-0.25, -0.2) is 4.79 Å². The van der Waals surface area contributed by atoms with Crippen LogP contribution in [0.5, 0.6) is 0 Å². The van der Waals surface area contributed by atoms with Crippen molar-refractivity contribution in [3.05, 3.63) is 0 Å². The highest BCUT2D eigenvalue weighted by atomic mass is 16.4. The van der Waals surface area contributed by atoms with Crippen LogP contribution in [-0.2, 0) is 9.59 Å². The molecule has 1 unspecified atom stereocenters. The number of nitrogens with zero attached hydrogens (tertiary/aromatic N) is 1. The minimum atomic E-state index is -1.18. The van der Waals surface area contributed by atoms with Gasteiger partial charge in [-0.1, -0.05) is 13.8 Å². The highest BCUT2D eigenvalue weighted by Crippen LogP contribution is 2.20. The Bertz CT molecular complexity index is 306. The van der Waals surface area contributed by atoms with E-state index >= 15 is 0 Å². The quantitative estimate of drug-likeness (QED) is 0.613. The molecule has 1 heterocycles. The number of amides is 1. The number of hydrogen-bond acceptors (Lipinski definition) is 4. The lowest BCUT2D eigenvalue weighted by molar-refractivity contribution is -0.151. The van der Waals surface area contributed by atoms with E-state index in [1.807, 2.05) is 13.8 Å². The Morgan fingerprint density at radius 3 is 2.53 bits per heavy atom. The van der Waals surface area contributed by atoms with Gasteiger partial charge in [0.15, 0.2) is 6.04 Å². The van der Waals surface area contributed by atoms with E-state index < -0.39 is 24.2 Å². The number of aliphatic carboxylic acids is 1. The SMILES string of the molecule is CC(C)C[C@H](N)C(=O)N1CCC(O)[C@H]1C(=O)O. The summed E-state index contributed by atoms with van der Waals surface area (Å²) in [5, 5.41) is 18.5. The number of hydrogen-bond donors (Lipinski definition) is 3. The van der Waals surface area contributed by atoms with E-state index in [-0.39, 0.29) is 24.8 Å². The molecule has 17 heavy (non-hydrogen) atoms. The van der Waals surface area contributed by atoms with Crippen molar-refractivity contribution >= 4 is 11.9 Å². The third kappa shape index (κ3) is 3.17. The second kappa shape index (κ2) is 5.46. The third-order valence-corrected chi connectivity index (χ3v) is 2.94. The molecule has 0 aromatic rings. The number of aliphatic hydroxyl groups is 1. The fraction of sp³-hybridized carbons (Fsp3) is 0.818. The van der Waals surface area contributed by atoms with Crippen molar-refractivity contribution in [2.45, 2.75) is 44.9 Å². The van der Waals surface area contributed by atoms with Gasteiger partial charge in [0.2, 0.25) is 5.91 Å². The molecule has 1 aliphatic heterocycles. The Morgan fingerprint density at radius 1 is 1.47 bits per heavy atom. The molecule has 0 aromatic carbocycles. The second-order valence-corrected chi connectivity index (χ2v) is 4.91. The largest absolute Gasteiger partial charge is 0.480 e. The van der Waals surface area contributed by atoms with Crippen LogP contribution in [0, 0.1) is 5.92 Å². The predicted molar refractivity (Wildman–Crippen MR) is 61.2 cm³/mol. The van der Waals surface area contributed by atoms with Crippen LogP contribution in [-0.4, -0.2) is 51.7 Å². The first-order valence-corrected chi connectivity index (χ1v) is 5.81. The molecule has 1 aliphatic rings. The van der Waals surface area contributed by atoms with Gasteiger partial charge in [0.25, 0.3) is 0 Å². The van der Waals surface area contributed by atoms with Crippen molar-refractivity contribution < 1.29 is 19.8 Å². The van der Waals surface area contributed by atoms with E-state index in [0.29, 0.717) is 6.42 Å². The van der Waals surface area contributed by atoms with Crippen LogP contribution in [0.25, 0.3) is 0 Å². The second-order valence-electron chi connectivity index (χ2n) is 4.91. The van der Waals surface area contributed by atoms with E-state index in [1.165, 1.54) is 4.90 Å². The molecule has 0 aromatic heterocycles. The van der Waals surface area contributed by atoms with Gasteiger partial charge in [-0.15, -0.1) is 0 Å².